The van der Waals surface area contributed by atoms with Crippen molar-refractivity contribution in [1.82, 2.24) is 9.97 Å². The molecule has 7 nitrogen and oxygen atoms in total. The first-order chi connectivity index (χ1) is 16.6. The van der Waals surface area contributed by atoms with Gasteiger partial charge in [-0.25, -0.2) is 9.37 Å². The zero-order valence-electron chi connectivity index (χ0n) is 17.7. The normalized spacial score (nSPS) is 10.7. The lowest BCUT2D eigenvalue weighted by Gasteiger charge is -2.14. The molecule has 0 saturated heterocycles. The van der Waals surface area contributed by atoms with Crippen LogP contribution in [0.1, 0.15) is 20.8 Å². The highest BCUT2D eigenvalue weighted by molar-refractivity contribution is 6.15. The van der Waals surface area contributed by atoms with Crippen molar-refractivity contribution in [2.45, 2.75) is 0 Å². The quantitative estimate of drug-likeness (QED) is 0.365. The van der Waals surface area contributed by atoms with Crippen molar-refractivity contribution < 1.29 is 18.4 Å². The Balaban J connectivity index is 1.50. The molecule has 34 heavy (non-hydrogen) atoms. The number of carbonyl (C=O) groups excluding carboxylic acids is 2. The molecule has 0 fully saturated rings. The number of nitrogens with one attached hydrogen (secondary N) is 2. The first-order valence-corrected chi connectivity index (χ1v) is 10.4. The molecule has 0 radical (unpaired) electrons. The van der Waals surface area contributed by atoms with E-state index in [2.05, 4.69) is 20.6 Å². The van der Waals surface area contributed by atoms with Gasteiger partial charge in [-0.2, -0.15) is 0 Å². The number of pyridine rings is 2. The van der Waals surface area contributed by atoms with Crippen LogP contribution in [0, 0.1) is 5.82 Å². The Bertz CT molecular complexity index is 1500. The van der Waals surface area contributed by atoms with Crippen LogP contribution in [0.3, 0.4) is 0 Å². The van der Waals surface area contributed by atoms with E-state index in [4.69, 9.17) is 4.42 Å². The molecule has 0 aliphatic rings. The number of halogens is 1. The summed E-state index contributed by atoms with van der Waals surface area (Å²) < 4.78 is 19.5. The van der Waals surface area contributed by atoms with Crippen LogP contribution in [0.5, 0.6) is 0 Å². The van der Waals surface area contributed by atoms with E-state index in [-0.39, 0.29) is 17.1 Å². The maximum absolute atomic E-state index is 14.1. The van der Waals surface area contributed by atoms with Crippen LogP contribution < -0.4 is 10.6 Å². The molecule has 2 N–H and O–H groups in total. The molecule has 3 aromatic heterocycles. The average molecular weight is 452 g/mol. The average Bonchev–Trinajstić information content (AvgIpc) is 3.40. The highest BCUT2D eigenvalue weighted by atomic mass is 19.1. The summed E-state index contributed by atoms with van der Waals surface area (Å²) in [7, 11) is 0. The maximum Gasteiger partial charge on any atom is 0.274 e. The maximum atomic E-state index is 14.1. The second-order valence-corrected chi connectivity index (χ2v) is 7.36. The minimum atomic E-state index is -0.568. The highest BCUT2D eigenvalue weighted by Crippen LogP contribution is 2.28. The third-order valence-electron chi connectivity index (χ3n) is 5.11. The zero-order chi connectivity index (χ0) is 23.5. The summed E-state index contributed by atoms with van der Waals surface area (Å²) >= 11 is 0. The number of para-hydroxylation sites is 1. The van der Waals surface area contributed by atoms with Gasteiger partial charge in [-0.15, -0.1) is 0 Å². The lowest BCUT2D eigenvalue weighted by atomic mass is 10.1. The van der Waals surface area contributed by atoms with Gasteiger partial charge in [0.05, 0.1) is 28.7 Å². The van der Waals surface area contributed by atoms with Gasteiger partial charge in [0.25, 0.3) is 11.8 Å². The molecule has 5 aromatic rings. The summed E-state index contributed by atoms with van der Waals surface area (Å²) in [5.41, 5.74) is 1.93. The van der Waals surface area contributed by atoms with Crippen LogP contribution in [0.25, 0.3) is 22.4 Å². The van der Waals surface area contributed by atoms with Gasteiger partial charge in [-0.3, -0.25) is 14.6 Å². The van der Waals surface area contributed by atoms with Gasteiger partial charge in [0.1, 0.15) is 17.2 Å². The number of hydrogen-bond acceptors (Lipinski definition) is 5. The van der Waals surface area contributed by atoms with Gasteiger partial charge in [0.2, 0.25) is 0 Å². The topological polar surface area (TPSA) is 97.1 Å². The van der Waals surface area contributed by atoms with Crippen LogP contribution in [-0.2, 0) is 0 Å². The fourth-order valence-corrected chi connectivity index (χ4v) is 3.52. The first kappa shape index (κ1) is 21.0. The second kappa shape index (κ2) is 8.95. The van der Waals surface area contributed by atoms with Crippen LogP contribution in [0.4, 0.5) is 15.8 Å². The van der Waals surface area contributed by atoms with Crippen molar-refractivity contribution in [1.29, 1.82) is 0 Å². The number of hydrogen-bond donors (Lipinski definition) is 2. The lowest BCUT2D eigenvalue weighted by Crippen LogP contribution is -2.18. The Hall–Kier alpha value is -4.85. The van der Waals surface area contributed by atoms with E-state index in [1.54, 1.807) is 54.6 Å². The van der Waals surface area contributed by atoms with Gasteiger partial charge in [0, 0.05) is 11.6 Å². The molecule has 166 valence electrons. The number of anilines is 2. The predicted octanol–water partition coefficient (Wildman–Crippen LogP) is 5.53. The number of rotatable bonds is 5. The van der Waals surface area contributed by atoms with Gasteiger partial charge in [-0.05, 0) is 54.6 Å². The van der Waals surface area contributed by atoms with Crippen molar-refractivity contribution >= 4 is 34.1 Å². The van der Waals surface area contributed by atoms with Gasteiger partial charge in [-0.1, -0.05) is 24.3 Å². The van der Waals surface area contributed by atoms with Crippen LogP contribution >= 0.6 is 0 Å². The van der Waals surface area contributed by atoms with Gasteiger partial charge < -0.3 is 15.1 Å². The number of fused-ring (bicyclic) bond motifs is 1. The number of furan rings is 1. The molecular weight excluding hydrogens is 435 g/mol. The molecule has 0 spiro atoms. The van der Waals surface area contributed by atoms with Crippen molar-refractivity contribution in [3.05, 3.63) is 108 Å². The molecule has 2 amide bonds. The molecule has 0 bridgehead atoms. The summed E-state index contributed by atoms with van der Waals surface area (Å²) in [6.45, 7) is 0. The summed E-state index contributed by atoms with van der Waals surface area (Å²) in [6.07, 6.45) is 3.02. The van der Waals surface area contributed by atoms with E-state index in [1.165, 1.54) is 24.6 Å². The van der Waals surface area contributed by atoms with Crippen molar-refractivity contribution in [2.24, 2.45) is 0 Å². The smallest absolute Gasteiger partial charge is 0.274 e. The zero-order valence-corrected chi connectivity index (χ0v) is 17.7. The van der Waals surface area contributed by atoms with E-state index >= 15 is 0 Å². The van der Waals surface area contributed by atoms with E-state index in [1.807, 2.05) is 6.07 Å². The van der Waals surface area contributed by atoms with E-state index in [9.17, 15) is 14.0 Å². The molecule has 5 rings (SSSR count). The number of benzene rings is 2. The molecule has 0 saturated carbocycles. The summed E-state index contributed by atoms with van der Waals surface area (Å²) in [5, 5.41) is 6.00. The number of nitrogens with zero attached hydrogens (tertiary/aromatic N) is 2. The first-order valence-electron chi connectivity index (χ1n) is 10.4. The molecule has 8 heteroatoms. The highest BCUT2D eigenvalue weighted by Gasteiger charge is 2.18. The molecule has 0 atom stereocenters. The van der Waals surface area contributed by atoms with Gasteiger partial charge in [0.15, 0.2) is 5.76 Å². The van der Waals surface area contributed by atoms with E-state index in [0.717, 1.165) is 6.07 Å². The minimum Gasteiger partial charge on any atom is -0.463 e. The molecule has 0 aliphatic heterocycles. The van der Waals surface area contributed by atoms with Crippen LogP contribution in [0.15, 0.2) is 95.7 Å². The van der Waals surface area contributed by atoms with Gasteiger partial charge >= 0.3 is 0 Å². The SMILES string of the molecule is O=C(Nc1ccc(F)cc1NC(=O)c1cc(-c2ccco2)nc2ccccc12)c1ccccn1. The number of carbonyl (C=O) groups is 2. The third kappa shape index (κ3) is 4.24. The molecule has 3 heterocycles. The monoisotopic (exact) mass is 452 g/mol. The Morgan fingerprint density at radius 2 is 1.65 bits per heavy atom. The minimum absolute atomic E-state index is 0.106. The Labute approximate surface area is 193 Å². The second-order valence-electron chi connectivity index (χ2n) is 7.36. The third-order valence-corrected chi connectivity index (χ3v) is 5.11. The van der Waals surface area contributed by atoms with Crippen LogP contribution in [-0.4, -0.2) is 21.8 Å². The fraction of sp³-hybridized carbons (Fsp3) is 0. The summed E-state index contributed by atoms with van der Waals surface area (Å²) in [4.78, 5) is 34.5. The Morgan fingerprint density at radius 3 is 2.44 bits per heavy atom. The summed E-state index contributed by atoms with van der Waals surface area (Å²) in [6, 6.07) is 20.9. The summed E-state index contributed by atoms with van der Waals surface area (Å²) in [5.74, 6) is -1.04. The molecular formula is C26H17FN4O3. The van der Waals surface area contributed by atoms with Crippen molar-refractivity contribution in [2.75, 3.05) is 10.6 Å². The van der Waals surface area contributed by atoms with E-state index < -0.39 is 17.6 Å². The van der Waals surface area contributed by atoms with Crippen molar-refractivity contribution in [3.8, 4) is 11.5 Å². The number of amides is 2. The molecule has 0 aliphatic carbocycles. The molecule has 2 aromatic carbocycles. The Kier molecular flexibility index (Phi) is 5.53. The Morgan fingerprint density at radius 1 is 0.824 bits per heavy atom. The predicted molar refractivity (Wildman–Crippen MR) is 126 cm³/mol. The largest absolute Gasteiger partial charge is 0.463 e. The standard InChI is InChI=1S/C26H17FN4O3/c27-16-10-11-20(30-26(33)21-8-3-4-12-28-21)22(14-16)31-25(32)18-15-23(24-9-5-13-34-24)29-19-7-2-1-6-17(18)19/h1-15H,(H,30,33)(H,31,32). The number of aromatic nitrogens is 2. The molecule has 0 unspecified atom stereocenters. The lowest BCUT2D eigenvalue weighted by molar-refractivity contribution is 0.101. The van der Waals surface area contributed by atoms with Crippen molar-refractivity contribution in [3.63, 3.8) is 0 Å². The van der Waals surface area contributed by atoms with Crippen LogP contribution in [0.2, 0.25) is 0 Å². The van der Waals surface area contributed by atoms with E-state index in [0.29, 0.717) is 27.9 Å². The fourth-order valence-electron chi connectivity index (χ4n) is 3.52.